The minimum Gasteiger partial charge on any atom is -0.486 e. The molecule has 4 rings (SSSR count). The summed E-state index contributed by atoms with van der Waals surface area (Å²) in [5.74, 6) is 0.627. The lowest BCUT2D eigenvalue weighted by molar-refractivity contribution is -0.119. The van der Waals surface area contributed by atoms with Crippen molar-refractivity contribution < 1.29 is 22.7 Å². The molecule has 1 heterocycles. The van der Waals surface area contributed by atoms with Crippen LogP contribution in [0, 0.1) is 6.92 Å². The molecule has 0 fully saturated rings. The summed E-state index contributed by atoms with van der Waals surface area (Å²) in [6.45, 7) is 2.96. The summed E-state index contributed by atoms with van der Waals surface area (Å²) in [5, 5.41) is 2.85. The van der Waals surface area contributed by atoms with Gasteiger partial charge in [0.2, 0.25) is 5.91 Å². The zero-order chi connectivity index (χ0) is 24.0. The molecule has 0 atom stereocenters. The van der Waals surface area contributed by atoms with Crippen LogP contribution in [0.5, 0.6) is 11.5 Å². The molecule has 34 heavy (non-hydrogen) atoms. The zero-order valence-corrected chi connectivity index (χ0v) is 19.9. The van der Waals surface area contributed by atoms with Gasteiger partial charge in [-0.05, 0) is 49.6 Å². The summed E-state index contributed by atoms with van der Waals surface area (Å²) in [6.07, 6.45) is 1.58. The molecule has 1 amide bonds. The number of benzene rings is 3. The normalized spacial score (nSPS) is 12.7. The van der Waals surface area contributed by atoms with Gasteiger partial charge in [-0.3, -0.25) is 9.10 Å². The van der Waals surface area contributed by atoms with Gasteiger partial charge in [-0.25, -0.2) is 8.42 Å². The van der Waals surface area contributed by atoms with Gasteiger partial charge in [0.05, 0.1) is 10.6 Å². The first kappa shape index (κ1) is 23.6. The van der Waals surface area contributed by atoms with Gasteiger partial charge in [0.1, 0.15) is 19.8 Å². The fourth-order valence-electron chi connectivity index (χ4n) is 3.80. The van der Waals surface area contributed by atoms with E-state index in [1.54, 1.807) is 36.4 Å². The summed E-state index contributed by atoms with van der Waals surface area (Å²) in [7, 11) is -3.98. The first-order valence-electron chi connectivity index (χ1n) is 11.2. The molecule has 7 nitrogen and oxygen atoms in total. The SMILES string of the molecule is Cc1cccc(CCCNC(=O)CN(c2ccc3c(c2)OCCO3)S(=O)(=O)c2ccccc2)c1. The number of carbonyl (C=O) groups is 1. The lowest BCUT2D eigenvalue weighted by Gasteiger charge is -2.26. The average Bonchev–Trinajstić information content (AvgIpc) is 2.85. The van der Waals surface area contributed by atoms with Gasteiger partial charge < -0.3 is 14.8 Å². The highest BCUT2D eigenvalue weighted by atomic mass is 32.2. The fourth-order valence-corrected chi connectivity index (χ4v) is 5.23. The average molecular weight is 481 g/mol. The standard InChI is InChI=1S/C26H28N2O5S/c1-20-7-5-8-21(17-20)9-6-14-27-26(29)19-28(34(30,31)23-10-3-2-4-11-23)22-12-13-24-25(18-22)33-16-15-32-24/h2-5,7-8,10-13,17-18H,6,9,14-16,19H2,1H3,(H,27,29). The molecule has 0 bridgehead atoms. The largest absolute Gasteiger partial charge is 0.486 e. The van der Waals surface area contributed by atoms with Gasteiger partial charge in [-0.1, -0.05) is 48.0 Å². The second-order valence-corrected chi connectivity index (χ2v) is 9.96. The number of fused-ring (bicyclic) bond motifs is 1. The molecular weight excluding hydrogens is 452 g/mol. The minimum atomic E-state index is -3.98. The molecule has 0 unspecified atom stereocenters. The first-order valence-corrected chi connectivity index (χ1v) is 12.7. The Kier molecular flexibility index (Phi) is 7.37. The quantitative estimate of drug-likeness (QED) is 0.472. The van der Waals surface area contributed by atoms with Gasteiger partial charge in [-0.2, -0.15) is 0 Å². The molecule has 0 saturated heterocycles. The summed E-state index contributed by atoms with van der Waals surface area (Å²) in [4.78, 5) is 12.9. The van der Waals surface area contributed by atoms with E-state index in [1.165, 1.54) is 23.3 Å². The number of hydrogen-bond donors (Lipinski definition) is 1. The number of aryl methyl sites for hydroxylation is 2. The number of rotatable bonds is 9. The van der Waals surface area contributed by atoms with Crippen molar-refractivity contribution in [3.63, 3.8) is 0 Å². The van der Waals surface area contributed by atoms with Gasteiger partial charge in [0.15, 0.2) is 11.5 Å². The van der Waals surface area contributed by atoms with Crippen LogP contribution >= 0.6 is 0 Å². The van der Waals surface area contributed by atoms with Crippen molar-refractivity contribution in [2.75, 3.05) is 30.6 Å². The lowest BCUT2D eigenvalue weighted by Crippen LogP contribution is -2.41. The summed E-state index contributed by atoms with van der Waals surface area (Å²) in [6, 6.07) is 21.2. The Hall–Kier alpha value is -3.52. The molecule has 1 aliphatic heterocycles. The Bertz CT molecular complexity index is 1250. The van der Waals surface area contributed by atoms with Crippen LogP contribution in [0.4, 0.5) is 5.69 Å². The maximum absolute atomic E-state index is 13.5. The Balaban J connectivity index is 1.48. The summed E-state index contributed by atoms with van der Waals surface area (Å²) in [5.41, 5.74) is 2.74. The number of nitrogens with one attached hydrogen (secondary N) is 1. The van der Waals surface area contributed by atoms with Crippen molar-refractivity contribution in [2.24, 2.45) is 0 Å². The number of ether oxygens (including phenoxy) is 2. The molecule has 3 aromatic rings. The number of amides is 1. The molecular formula is C26H28N2O5S. The molecule has 8 heteroatoms. The maximum atomic E-state index is 13.5. The van der Waals surface area contributed by atoms with Crippen LogP contribution < -0.4 is 19.1 Å². The Morgan fingerprint density at radius 3 is 2.47 bits per heavy atom. The highest BCUT2D eigenvalue weighted by Gasteiger charge is 2.28. The number of sulfonamides is 1. The molecule has 178 valence electrons. The third-order valence-corrected chi connectivity index (χ3v) is 7.27. The topological polar surface area (TPSA) is 84.9 Å². The molecule has 1 N–H and O–H groups in total. The number of hydrogen-bond acceptors (Lipinski definition) is 5. The fraction of sp³-hybridized carbons (Fsp3) is 0.269. The first-order chi connectivity index (χ1) is 16.4. The Labute approximate surface area is 200 Å². The van der Waals surface area contributed by atoms with Crippen molar-refractivity contribution in [3.05, 3.63) is 83.9 Å². The van der Waals surface area contributed by atoms with Crippen molar-refractivity contribution >= 4 is 21.6 Å². The smallest absolute Gasteiger partial charge is 0.264 e. The lowest BCUT2D eigenvalue weighted by atomic mass is 10.1. The van der Waals surface area contributed by atoms with E-state index in [9.17, 15) is 13.2 Å². The Morgan fingerprint density at radius 1 is 0.941 bits per heavy atom. The third-order valence-electron chi connectivity index (χ3n) is 5.48. The molecule has 0 radical (unpaired) electrons. The molecule has 0 saturated carbocycles. The molecule has 0 spiro atoms. The minimum absolute atomic E-state index is 0.108. The third kappa shape index (κ3) is 5.69. The van der Waals surface area contributed by atoms with Gasteiger partial charge in [0, 0.05) is 12.6 Å². The van der Waals surface area contributed by atoms with Gasteiger partial charge in [-0.15, -0.1) is 0 Å². The van der Waals surface area contributed by atoms with Crippen LogP contribution in [0.2, 0.25) is 0 Å². The van der Waals surface area contributed by atoms with Crippen LogP contribution in [0.25, 0.3) is 0 Å². The van der Waals surface area contributed by atoms with Gasteiger partial charge >= 0.3 is 0 Å². The van der Waals surface area contributed by atoms with E-state index in [2.05, 4.69) is 17.4 Å². The van der Waals surface area contributed by atoms with E-state index in [-0.39, 0.29) is 17.3 Å². The van der Waals surface area contributed by atoms with E-state index in [4.69, 9.17) is 9.47 Å². The molecule has 3 aromatic carbocycles. The predicted molar refractivity (Wildman–Crippen MR) is 131 cm³/mol. The van der Waals surface area contributed by atoms with Crippen LogP contribution in [0.3, 0.4) is 0 Å². The molecule has 0 aromatic heterocycles. The van der Waals surface area contributed by atoms with Crippen molar-refractivity contribution in [1.29, 1.82) is 0 Å². The van der Waals surface area contributed by atoms with E-state index in [1.807, 2.05) is 19.1 Å². The second-order valence-electron chi connectivity index (χ2n) is 8.10. The van der Waals surface area contributed by atoms with Crippen molar-refractivity contribution in [1.82, 2.24) is 5.32 Å². The second kappa shape index (κ2) is 10.6. The van der Waals surface area contributed by atoms with Crippen LogP contribution in [0.15, 0.2) is 77.7 Å². The van der Waals surface area contributed by atoms with Crippen LogP contribution in [0.1, 0.15) is 17.5 Å². The Morgan fingerprint density at radius 2 is 1.71 bits per heavy atom. The molecule has 1 aliphatic rings. The molecule has 0 aliphatic carbocycles. The van der Waals surface area contributed by atoms with Crippen molar-refractivity contribution in [2.45, 2.75) is 24.7 Å². The van der Waals surface area contributed by atoms with Crippen molar-refractivity contribution in [3.8, 4) is 11.5 Å². The highest BCUT2D eigenvalue weighted by molar-refractivity contribution is 7.92. The predicted octanol–water partition coefficient (Wildman–Crippen LogP) is 3.71. The van der Waals surface area contributed by atoms with Gasteiger partial charge in [0.25, 0.3) is 10.0 Å². The summed E-state index contributed by atoms with van der Waals surface area (Å²) < 4.78 is 39.2. The van der Waals surface area contributed by atoms with E-state index in [0.29, 0.717) is 36.9 Å². The van der Waals surface area contributed by atoms with E-state index >= 15 is 0 Å². The summed E-state index contributed by atoms with van der Waals surface area (Å²) >= 11 is 0. The van der Waals surface area contributed by atoms with E-state index in [0.717, 1.165) is 17.1 Å². The maximum Gasteiger partial charge on any atom is 0.264 e. The van der Waals surface area contributed by atoms with Crippen LogP contribution in [-0.2, 0) is 21.2 Å². The van der Waals surface area contributed by atoms with Crippen LogP contribution in [-0.4, -0.2) is 40.6 Å². The number of anilines is 1. The number of carbonyl (C=O) groups excluding carboxylic acids is 1. The van der Waals surface area contributed by atoms with E-state index < -0.39 is 10.0 Å². The highest BCUT2D eigenvalue weighted by Crippen LogP contribution is 2.35. The number of nitrogens with zero attached hydrogens (tertiary/aromatic N) is 1. The monoisotopic (exact) mass is 480 g/mol. The zero-order valence-electron chi connectivity index (χ0n) is 19.1.